The lowest BCUT2D eigenvalue weighted by Crippen LogP contribution is -2.45. The molecule has 0 N–H and O–H groups in total. The molecule has 0 bridgehead atoms. The molecule has 0 atom stereocenters. The lowest BCUT2D eigenvalue weighted by atomic mass is 9.76. The van der Waals surface area contributed by atoms with Crippen molar-refractivity contribution >= 4 is 17.7 Å². The molecule has 1 aliphatic carbocycles. The van der Waals surface area contributed by atoms with E-state index in [4.69, 9.17) is 23.7 Å². The highest BCUT2D eigenvalue weighted by atomic mass is 16.6. The van der Waals surface area contributed by atoms with E-state index < -0.39 is 23.8 Å². The van der Waals surface area contributed by atoms with Gasteiger partial charge in [0.05, 0.1) is 33.5 Å². The maximum Gasteiger partial charge on any atom is 0.324 e. The van der Waals surface area contributed by atoms with Crippen LogP contribution in [0.15, 0.2) is 42.5 Å². The van der Waals surface area contributed by atoms with Crippen molar-refractivity contribution in [1.82, 2.24) is 0 Å². The standard InChI is InChI=1S/C29H36O8/c1-5-35-27(31)29(28(32)36-6-2,19-24(30)21-12-14-22(33-3)15-13-21)18-20-11-16-25(34-4)26(17-20)37-23-9-7-8-10-23/h11-17,23H,5-10,18-19H2,1-4H3. The van der Waals surface area contributed by atoms with Crippen molar-refractivity contribution in [2.45, 2.75) is 58.5 Å². The fourth-order valence-corrected chi connectivity index (χ4v) is 4.58. The molecule has 8 heteroatoms. The summed E-state index contributed by atoms with van der Waals surface area (Å²) in [5, 5.41) is 0. The molecule has 0 heterocycles. The van der Waals surface area contributed by atoms with E-state index in [9.17, 15) is 14.4 Å². The maximum atomic E-state index is 13.4. The molecule has 1 saturated carbocycles. The van der Waals surface area contributed by atoms with Gasteiger partial charge in [-0.1, -0.05) is 6.07 Å². The summed E-state index contributed by atoms with van der Waals surface area (Å²) in [4.78, 5) is 40.1. The molecular weight excluding hydrogens is 476 g/mol. The topological polar surface area (TPSA) is 97.4 Å². The van der Waals surface area contributed by atoms with Crippen LogP contribution in [0.4, 0.5) is 0 Å². The first-order chi connectivity index (χ1) is 17.9. The number of methoxy groups -OCH3 is 2. The van der Waals surface area contributed by atoms with Crippen LogP contribution in [-0.2, 0) is 25.5 Å². The summed E-state index contributed by atoms with van der Waals surface area (Å²) in [6.45, 7) is 3.41. The molecule has 0 radical (unpaired) electrons. The van der Waals surface area contributed by atoms with Gasteiger partial charge in [-0.2, -0.15) is 0 Å². The third-order valence-corrected chi connectivity index (χ3v) is 6.54. The van der Waals surface area contributed by atoms with Gasteiger partial charge in [-0.05, 0) is 87.9 Å². The maximum absolute atomic E-state index is 13.4. The van der Waals surface area contributed by atoms with E-state index in [1.54, 1.807) is 63.4 Å². The van der Waals surface area contributed by atoms with Gasteiger partial charge in [-0.15, -0.1) is 0 Å². The van der Waals surface area contributed by atoms with Crippen LogP contribution < -0.4 is 14.2 Å². The van der Waals surface area contributed by atoms with Gasteiger partial charge in [-0.3, -0.25) is 14.4 Å². The molecule has 37 heavy (non-hydrogen) atoms. The highest BCUT2D eigenvalue weighted by Crippen LogP contribution is 2.37. The second kappa shape index (κ2) is 13.1. The number of rotatable bonds is 13. The Kier molecular flexibility index (Phi) is 9.94. The van der Waals surface area contributed by atoms with Crippen LogP contribution in [0.5, 0.6) is 17.2 Å². The average Bonchev–Trinajstić information content (AvgIpc) is 3.41. The summed E-state index contributed by atoms with van der Waals surface area (Å²) >= 11 is 0. The predicted molar refractivity (Wildman–Crippen MR) is 137 cm³/mol. The number of hydrogen-bond donors (Lipinski definition) is 0. The zero-order valence-corrected chi connectivity index (χ0v) is 22.0. The molecule has 0 amide bonds. The minimum Gasteiger partial charge on any atom is -0.497 e. The summed E-state index contributed by atoms with van der Waals surface area (Å²) in [6, 6.07) is 11.8. The van der Waals surface area contributed by atoms with Crippen LogP contribution >= 0.6 is 0 Å². The number of benzene rings is 2. The van der Waals surface area contributed by atoms with E-state index >= 15 is 0 Å². The Morgan fingerprint density at radius 2 is 1.46 bits per heavy atom. The Morgan fingerprint density at radius 3 is 2.00 bits per heavy atom. The Balaban J connectivity index is 2.00. The summed E-state index contributed by atoms with van der Waals surface area (Å²) in [5.41, 5.74) is -0.904. The highest BCUT2D eigenvalue weighted by Gasteiger charge is 2.50. The molecule has 3 rings (SSSR count). The lowest BCUT2D eigenvalue weighted by molar-refractivity contribution is -0.172. The Hall–Kier alpha value is -3.55. The smallest absolute Gasteiger partial charge is 0.324 e. The number of esters is 2. The SMILES string of the molecule is CCOC(=O)C(CC(=O)c1ccc(OC)cc1)(Cc1ccc(OC)c(OC2CCCC2)c1)C(=O)OCC. The monoisotopic (exact) mass is 512 g/mol. The summed E-state index contributed by atoms with van der Waals surface area (Å²) < 4.78 is 27.5. The second-order valence-electron chi connectivity index (χ2n) is 9.04. The molecule has 0 aromatic heterocycles. The van der Waals surface area contributed by atoms with Crippen molar-refractivity contribution in [2.75, 3.05) is 27.4 Å². The van der Waals surface area contributed by atoms with E-state index in [2.05, 4.69) is 0 Å². The zero-order valence-electron chi connectivity index (χ0n) is 22.0. The fourth-order valence-electron chi connectivity index (χ4n) is 4.58. The van der Waals surface area contributed by atoms with Crippen molar-refractivity contribution in [2.24, 2.45) is 5.41 Å². The van der Waals surface area contributed by atoms with Gasteiger partial charge < -0.3 is 23.7 Å². The molecule has 1 fully saturated rings. The number of carbonyl (C=O) groups is 3. The fraction of sp³-hybridized carbons (Fsp3) is 0.483. The van der Waals surface area contributed by atoms with E-state index in [1.807, 2.05) is 0 Å². The molecule has 0 saturated heterocycles. The minimum absolute atomic E-state index is 0.0510. The third kappa shape index (κ3) is 6.81. The third-order valence-electron chi connectivity index (χ3n) is 6.54. The summed E-state index contributed by atoms with van der Waals surface area (Å²) in [5.74, 6) is -0.307. The van der Waals surface area contributed by atoms with Gasteiger partial charge in [0, 0.05) is 12.0 Å². The molecule has 0 aliphatic heterocycles. The largest absolute Gasteiger partial charge is 0.497 e. The molecule has 1 aliphatic rings. The van der Waals surface area contributed by atoms with Crippen molar-refractivity contribution in [1.29, 1.82) is 0 Å². The Morgan fingerprint density at radius 1 is 0.838 bits per heavy atom. The van der Waals surface area contributed by atoms with Crippen molar-refractivity contribution < 1.29 is 38.1 Å². The normalized spacial score (nSPS) is 13.6. The predicted octanol–water partition coefficient (Wildman–Crippen LogP) is 4.95. The van der Waals surface area contributed by atoms with Gasteiger partial charge in [0.2, 0.25) is 0 Å². The second-order valence-corrected chi connectivity index (χ2v) is 9.04. The molecule has 200 valence electrons. The number of carbonyl (C=O) groups excluding carboxylic acids is 3. The number of ketones is 1. The first kappa shape index (κ1) is 28.0. The Bertz CT molecular complexity index is 1050. The van der Waals surface area contributed by atoms with Gasteiger partial charge in [-0.25, -0.2) is 0 Å². The summed E-state index contributed by atoms with van der Waals surface area (Å²) in [7, 11) is 3.09. The Labute approximate surface area is 218 Å². The zero-order chi connectivity index (χ0) is 26.8. The van der Waals surface area contributed by atoms with Crippen LogP contribution in [0.3, 0.4) is 0 Å². The van der Waals surface area contributed by atoms with Gasteiger partial charge in [0.1, 0.15) is 5.75 Å². The quantitative estimate of drug-likeness (QED) is 0.211. The van der Waals surface area contributed by atoms with E-state index in [1.165, 1.54) is 7.11 Å². The van der Waals surface area contributed by atoms with Crippen molar-refractivity contribution in [3.8, 4) is 17.2 Å². The van der Waals surface area contributed by atoms with E-state index in [0.29, 0.717) is 28.4 Å². The van der Waals surface area contributed by atoms with Gasteiger partial charge in [0.15, 0.2) is 22.7 Å². The first-order valence-electron chi connectivity index (χ1n) is 12.7. The van der Waals surface area contributed by atoms with Crippen LogP contribution in [0, 0.1) is 5.41 Å². The van der Waals surface area contributed by atoms with Crippen LogP contribution in [0.2, 0.25) is 0 Å². The van der Waals surface area contributed by atoms with E-state index in [-0.39, 0.29) is 31.5 Å². The molecule has 2 aromatic rings. The lowest BCUT2D eigenvalue weighted by Gasteiger charge is -2.29. The molecule has 0 spiro atoms. The van der Waals surface area contributed by atoms with Gasteiger partial charge in [0.25, 0.3) is 0 Å². The number of ether oxygens (including phenoxy) is 5. The number of Topliss-reactive ketones (excluding diaryl/α,β-unsaturated/α-hetero) is 1. The van der Waals surface area contributed by atoms with Crippen molar-refractivity contribution in [3.05, 3.63) is 53.6 Å². The minimum atomic E-state index is -1.87. The summed E-state index contributed by atoms with van der Waals surface area (Å²) in [6.07, 6.45) is 3.70. The molecular formula is C29H36O8. The molecule has 0 unspecified atom stereocenters. The molecule has 8 nitrogen and oxygen atoms in total. The van der Waals surface area contributed by atoms with Crippen LogP contribution in [0.25, 0.3) is 0 Å². The van der Waals surface area contributed by atoms with Crippen molar-refractivity contribution in [3.63, 3.8) is 0 Å². The average molecular weight is 513 g/mol. The van der Waals surface area contributed by atoms with Crippen LogP contribution in [-0.4, -0.2) is 51.3 Å². The first-order valence-corrected chi connectivity index (χ1v) is 12.7. The van der Waals surface area contributed by atoms with E-state index in [0.717, 1.165) is 25.7 Å². The molecule has 2 aromatic carbocycles. The number of hydrogen-bond acceptors (Lipinski definition) is 8. The highest BCUT2D eigenvalue weighted by molar-refractivity contribution is 6.07. The van der Waals surface area contributed by atoms with Crippen LogP contribution in [0.1, 0.15) is 61.9 Å². The van der Waals surface area contributed by atoms with Gasteiger partial charge >= 0.3 is 11.9 Å².